The summed E-state index contributed by atoms with van der Waals surface area (Å²) >= 11 is 12.0. The fourth-order valence-corrected chi connectivity index (χ4v) is 4.26. The molecule has 160 valence electrons. The van der Waals surface area contributed by atoms with Crippen molar-refractivity contribution in [2.45, 2.75) is 32.1 Å². The van der Waals surface area contributed by atoms with E-state index in [1.807, 2.05) is 9.80 Å². The quantitative estimate of drug-likeness (QED) is 0.609. The second-order valence-electron chi connectivity index (χ2n) is 7.63. The molecular weight excluding hydrogens is 413 g/mol. The van der Waals surface area contributed by atoms with Crippen LogP contribution in [-0.2, 0) is 9.59 Å². The molecule has 8 heteroatoms. The van der Waals surface area contributed by atoms with Gasteiger partial charge in [0.05, 0.1) is 18.2 Å². The van der Waals surface area contributed by atoms with E-state index >= 15 is 0 Å². The first kappa shape index (κ1) is 22.2. The molecule has 0 bridgehead atoms. The number of hydrogen-bond donors (Lipinski definition) is 0. The van der Waals surface area contributed by atoms with Crippen molar-refractivity contribution < 1.29 is 14.3 Å². The third kappa shape index (κ3) is 6.76. The molecule has 0 saturated carbocycles. The number of amides is 2. The third-order valence-corrected chi connectivity index (χ3v) is 5.98. The van der Waals surface area contributed by atoms with Gasteiger partial charge in [0.2, 0.25) is 11.8 Å². The SMILES string of the molecule is O=C(CCCOc1ccc(Cl)cc1Cl)N1CCCN(CC(=O)N2CCCC2)CC1. The van der Waals surface area contributed by atoms with E-state index in [0.29, 0.717) is 48.3 Å². The molecule has 0 aromatic heterocycles. The summed E-state index contributed by atoms with van der Waals surface area (Å²) in [6.07, 6.45) is 4.20. The fourth-order valence-electron chi connectivity index (χ4n) is 3.79. The van der Waals surface area contributed by atoms with Crippen molar-refractivity contribution in [3.05, 3.63) is 28.2 Å². The van der Waals surface area contributed by atoms with Crippen molar-refractivity contribution in [2.75, 3.05) is 52.4 Å². The van der Waals surface area contributed by atoms with Gasteiger partial charge in [0.15, 0.2) is 0 Å². The Balaban J connectivity index is 1.36. The third-order valence-electron chi connectivity index (χ3n) is 5.45. The molecule has 2 saturated heterocycles. The molecule has 0 radical (unpaired) electrons. The Labute approximate surface area is 182 Å². The van der Waals surface area contributed by atoms with E-state index in [-0.39, 0.29) is 11.8 Å². The Hall–Kier alpha value is -1.50. The number of ether oxygens (including phenoxy) is 1. The summed E-state index contributed by atoms with van der Waals surface area (Å²) in [7, 11) is 0. The van der Waals surface area contributed by atoms with Crippen molar-refractivity contribution in [3.63, 3.8) is 0 Å². The van der Waals surface area contributed by atoms with Gasteiger partial charge in [-0.15, -0.1) is 0 Å². The number of rotatable bonds is 7. The standard InChI is InChI=1S/C21H29Cl2N3O3/c22-17-6-7-19(18(23)15-17)29-14-3-5-20(27)26-11-4-8-24(12-13-26)16-21(28)25-9-1-2-10-25/h6-7,15H,1-5,8-14,16H2. The van der Waals surface area contributed by atoms with Gasteiger partial charge < -0.3 is 14.5 Å². The molecule has 2 amide bonds. The molecule has 29 heavy (non-hydrogen) atoms. The average molecular weight is 442 g/mol. The largest absolute Gasteiger partial charge is 0.492 e. The Morgan fingerprint density at radius 1 is 0.897 bits per heavy atom. The molecule has 2 heterocycles. The monoisotopic (exact) mass is 441 g/mol. The molecule has 0 spiro atoms. The van der Waals surface area contributed by atoms with Crippen LogP contribution in [0, 0.1) is 0 Å². The summed E-state index contributed by atoms with van der Waals surface area (Å²) in [5, 5.41) is 1.04. The lowest BCUT2D eigenvalue weighted by Crippen LogP contribution is -2.41. The van der Waals surface area contributed by atoms with Crippen LogP contribution in [0.15, 0.2) is 18.2 Å². The van der Waals surface area contributed by atoms with Gasteiger partial charge in [0.25, 0.3) is 0 Å². The normalized spacial score (nSPS) is 18.0. The highest BCUT2D eigenvalue weighted by Gasteiger charge is 2.23. The zero-order valence-corrected chi connectivity index (χ0v) is 18.3. The van der Waals surface area contributed by atoms with E-state index < -0.39 is 0 Å². The Morgan fingerprint density at radius 2 is 1.62 bits per heavy atom. The molecule has 2 aliphatic heterocycles. The second kappa shape index (κ2) is 11.0. The lowest BCUT2D eigenvalue weighted by molar-refractivity contribution is -0.131. The number of likely N-dealkylation sites (tertiary alicyclic amines) is 1. The first-order valence-corrected chi connectivity index (χ1v) is 11.1. The average Bonchev–Trinajstić information content (AvgIpc) is 3.14. The van der Waals surface area contributed by atoms with Crippen molar-refractivity contribution >= 4 is 35.0 Å². The smallest absolute Gasteiger partial charge is 0.236 e. The van der Waals surface area contributed by atoms with Gasteiger partial charge >= 0.3 is 0 Å². The van der Waals surface area contributed by atoms with Gasteiger partial charge in [-0.25, -0.2) is 0 Å². The molecule has 1 aromatic carbocycles. The maximum absolute atomic E-state index is 12.5. The van der Waals surface area contributed by atoms with E-state index in [9.17, 15) is 9.59 Å². The topological polar surface area (TPSA) is 53.1 Å². The highest BCUT2D eigenvalue weighted by atomic mass is 35.5. The molecule has 3 rings (SSSR count). The van der Waals surface area contributed by atoms with Crippen LogP contribution >= 0.6 is 23.2 Å². The Kier molecular flexibility index (Phi) is 8.45. The van der Waals surface area contributed by atoms with Crippen LogP contribution < -0.4 is 4.74 Å². The predicted octanol–water partition coefficient (Wildman–Crippen LogP) is 3.31. The van der Waals surface area contributed by atoms with E-state index in [0.717, 1.165) is 52.0 Å². The highest BCUT2D eigenvalue weighted by Crippen LogP contribution is 2.27. The van der Waals surface area contributed by atoms with Gasteiger partial charge in [-0.1, -0.05) is 23.2 Å². The number of benzene rings is 1. The molecule has 1 aromatic rings. The molecule has 0 N–H and O–H groups in total. The summed E-state index contributed by atoms with van der Waals surface area (Å²) in [5.74, 6) is 0.945. The van der Waals surface area contributed by atoms with E-state index in [2.05, 4.69) is 4.90 Å². The maximum atomic E-state index is 12.5. The number of carbonyl (C=O) groups excluding carboxylic acids is 2. The summed E-state index contributed by atoms with van der Waals surface area (Å²) in [6.45, 7) is 5.72. The number of hydrogen-bond acceptors (Lipinski definition) is 4. The first-order chi connectivity index (χ1) is 14.0. The van der Waals surface area contributed by atoms with E-state index in [4.69, 9.17) is 27.9 Å². The molecule has 0 atom stereocenters. The molecular formula is C21H29Cl2N3O3. The van der Waals surface area contributed by atoms with Crippen LogP contribution in [0.5, 0.6) is 5.75 Å². The maximum Gasteiger partial charge on any atom is 0.236 e. The van der Waals surface area contributed by atoms with Crippen LogP contribution in [-0.4, -0.2) is 78.9 Å². The van der Waals surface area contributed by atoms with E-state index in [1.165, 1.54) is 0 Å². The molecule has 0 unspecified atom stereocenters. The van der Waals surface area contributed by atoms with Gasteiger partial charge in [0, 0.05) is 50.7 Å². The van der Waals surface area contributed by atoms with Crippen molar-refractivity contribution in [1.29, 1.82) is 0 Å². The molecule has 0 aliphatic carbocycles. The molecule has 2 aliphatic rings. The van der Waals surface area contributed by atoms with Crippen LogP contribution in [0.1, 0.15) is 32.1 Å². The Morgan fingerprint density at radius 3 is 2.38 bits per heavy atom. The highest BCUT2D eigenvalue weighted by molar-refractivity contribution is 6.35. The van der Waals surface area contributed by atoms with Gasteiger partial charge in [-0.05, 0) is 43.9 Å². The van der Waals surface area contributed by atoms with Gasteiger partial charge in [0.1, 0.15) is 5.75 Å². The lowest BCUT2D eigenvalue weighted by atomic mass is 10.2. The predicted molar refractivity (Wildman–Crippen MR) is 115 cm³/mol. The lowest BCUT2D eigenvalue weighted by Gasteiger charge is -2.24. The molecule has 6 nitrogen and oxygen atoms in total. The second-order valence-corrected chi connectivity index (χ2v) is 8.47. The number of nitrogens with zero attached hydrogens (tertiary/aromatic N) is 3. The van der Waals surface area contributed by atoms with Crippen molar-refractivity contribution in [2.24, 2.45) is 0 Å². The van der Waals surface area contributed by atoms with Gasteiger partial charge in [-0.3, -0.25) is 14.5 Å². The zero-order chi connectivity index (χ0) is 20.6. The van der Waals surface area contributed by atoms with Crippen LogP contribution in [0.2, 0.25) is 10.0 Å². The molecule has 2 fully saturated rings. The van der Waals surface area contributed by atoms with Crippen LogP contribution in [0.4, 0.5) is 0 Å². The number of carbonyl (C=O) groups is 2. The summed E-state index contributed by atoms with van der Waals surface area (Å²) in [4.78, 5) is 30.9. The minimum atomic E-state index is 0.142. The summed E-state index contributed by atoms with van der Waals surface area (Å²) in [5.41, 5.74) is 0. The first-order valence-electron chi connectivity index (χ1n) is 10.4. The van der Waals surface area contributed by atoms with E-state index in [1.54, 1.807) is 18.2 Å². The summed E-state index contributed by atoms with van der Waals surface area (Å²) in [6, 6.07) is 5.10. The minimum absolute atomic E-state index is 0.142. The van der Waals surface area contributed by atoms with Crippen molar-refractivity contribution in [3.8, 4) is 5.75 Å². The van der Waals surface area contributed by atoms with Gasteiger partial charge in [-0.2, -0.15) is 0 Å². The zero-order valence-electron chi connectivity index (χ0n) is 16.7. The minimum Gasteiger partial charge on any atom is -0.492 e. The Bertz CT molecular complexity index is 710. The number of halogens is 2. The van der Waals surface area contributed by atoms with Crippen LogP contribution in [0.3, 0.4) is 0 Å². The van der Waals surface area contributed by atoms with Crippen LogP contribution in [0.25, 0.3) is 0 Å². The van der Waals surface area contributed by atoms with Crippen molar-refractivity contribution in [1.82, 2.24) is 14.7 Å². The fraction of sp³-hybridized carbons (Fsp3) is 0.619. The summed E-state index contributed by atoms with van der Waals surface area (Å²) < 4.78 is 5.65.